The predicted octanol–water partition coefficient (Wildman–Crippen LogP) is 3.07. The van der Waals surface area contributed by atoms with Gasteiger partial charge in [0.2, 0.25) is 0 Å². The topological polar surface area (TPSA) is 64.9 Å². The summed E-state index contributed by atoms with van der Waals surface area (Å²) in [6, 6.07) is 19.2. The molecule has 94 valence electrons. The van der Waals surface area contributed by atoms with Gasteiger partial charge in [0.1, 0.15) is 6.04 Å². The third kappa shape index (κ3) is 3.58. The van der Waals surface area contributed by atoms with E-state index in [1.54, 1.807) is 24.3 Å². The smallest absolute Gasteiger partial charge is 0.318 e. The Labute approximate surface area is 111 Å². The second kappa shape index (κ2) is 6.22. The van der Waals surface area contributed by atoms with E-state index in [0.717, 1.165) is 5.56 Å². The highest BCUT2D eigenvalue weighted by atomic mass is 16.2. The Bertz CT molecular complexity index is 575. The van der Waals surface area contributed by atoms with Gasteiger partial charge in [0.25, 0.3) is 0 Å². The van der Waals surface area contributed by atoms with E-state index in [1.807, 2.05) is 36.4 Å². The summed E-state index contributed by atoms with van der Waals surface area (Å²) in [7, 11) is 0. The summed E-state index contributed by atoms with van der Waals surface area (Å²) in [5, 5.41) is 14.4. The maximum absolute atomic E-state index is 11.8. The van der Waals surface area contributed by atoms with E-state index in [-0.39, 0.29) is 0 Å². The Morgan fingerprint density at radius 1 is 1.00 bits per heavy atom. The summed E-state index contributed by atoms with van der Waals surface area (Å²) in [5.41, 5.74) is 1.44. The fraction of sp³-hybridized carbons (Fsp3) is 0.0667. The summed E-state index contributed by atoms with van der Waals surface area (Å²) >= 11 is 0. The molecule has 1 unspecified atom stereocenters. The first-order chi connectivity index (χ1) is 9.29. The standard InChI is InChI=1S/C15H13N3O/c16-11-14(12-7-3-1-4-8-12)18-15(19)17-13-9-5-2-6-10-13/h1-10,14H,(H2,17,18,19). The van der Waals surface area contributed by atoms with Crippen LogP contribution in [0.4, 0.5) is 10.5 Å². The first-order valence-electron chi connectivity index (χ1n) is 5.87. The molecule has 0 fully saturated rings. The largest absolute Gasteiger partial charge is 0.320 e. The van der Waals surface area contributed by atoms with E-state index < -0.39 is 12.1 Å². The number of carbonyl (C=O) groups excluding carboxylic acids is 1. The van der Waals surface area contributed by atoms with Crippen LogP contribution in [0.5, 0.6) is 0 Å². The number of rotatable bonds is 3. The molecule has 0 radical (unpaired) electrons. The number of benzene rings is 2. The summed E-state index contributed by atoms with van der Waals surface area (Å²) in [6.45, 7) is 0. The van der Waals surface area contributed by atoms with Gasteiger partial charge in [-0.15, -0.1) is 0 Å². The molecule has 2 aromatic rings. The van der Waals surface area contributed by atoms with Crippen LogP contribution < -0.4 is 10.6 Å². The van der Waals surface area contributed by atoms with Gasteiger partial charge in [0.15, 0.2) is 0 Å². The lowest BCUT2D eigenvalue weighted by Crippen LogP contribution is -2.31. The summed E-state index contributed by atoms with van der Waals surface area (Å²) in [5.74, 6) is 0. The number of amides is 2. The highest BCUT2D eigenvalue weighted by Gasteiger charge is 2.12. The molecule has 0 aromatic heterocycles. The first-order valence-corrected chi connectivity index (χ1v) is 5.87. The van der Waals surface area contributed by atoms with Crippen molar-refractivity contribution in [1.29, 1.82) is 5.26 Å². The van der Waals surface area contributed by atoms with E-state index in [2.05, 4.69) is 16.7 Å². The summed E-state index contributed by atoms with van der Waals surface area (Å²) in [6.07, 6.45) is 0. The lowest BCUT2D eigenvalue weighted by Gasteiger charge is -2.12. The number of carbonyl (C=O) groups is 1. The SMILES string of the molecule is N#CC(NC(=O)Nc1ccccc1)c1ccccc1. The van der Waals surface area contributed by atoms with E-state index in [1.165, 1.54) is 0 Å². The zero-order valence-electron chi connectivity index (χ0n) is 10.2. The molecule has 0 spiro atoms. The number of nitriles is 1. The molecule has 0 aliphatic carbocycles. The fourth-order valence-corrected chi connectivity index (χ4v) is 1.66. The van der Waals surface area contributed by atoms with Crippen LogP contribution in [0.25, 0.3) is 0 Å². The quantitative estimate of drug-likeness (QED) is 0.880. The highest BCUT2D eigenvalue weighted by Crippen LogP contribution is 2.12. The van der Waals surface area contributed by atoms with E-state index >= 15 is 0 Å². The fourth-order valence-electron chi connectivity index (χ4n) is 1.66. The average Bonchev–Trinajstić information content (AvgIpc) is 2.47. The Morgan fingerprint density at radius 3 is 2.16 bits per heavy atom. The van der Waals surface area contributed by atoms with Crippen LogP contribution in [0.3, 0.4) is 0 Å². The Balaban J connectivity index is 2.00. The van der Waals surface area contributed by atoms with Crippen LogP contribution in [0, 0.1) is 11.3 Å². The van der Waals surface area contributed by atoms with Crippen molar-refractivity contribution in [3.63, 3.8) is 0 Å². The maximum Gasteiger partial charge on any atom is 0.320 e. The molecule has 4 nitrogen and oxygen atoms in total. The number of urea groups is 1. The number of anilines is 1. The van der Waals surface area contributed by atoms with Crippen molar-refractivity contribution in [2.75, 3.05) is 5.32 Å². The van der Waals surface area contributed by atoms with Crippen molar-refractivity contribution in [2.45, 2.75) is 6.04 Å². The molecule has 0 saturated heterocycles. The summed E-state index contributed by atoms with van der Waals surface area (Å²) in [4.78, 5) is 11.8. The molecule has 19 heavy (non-hydrogen) atoms. The molecule has 2 amide bonds. The van der Waals surface area contributed by atoms with Crippen molar-refractivity contribution in [3.05, 3.63) is 66.2 Å². The molecule has 4 heteroatoms. The molecular formula is C15H13N3O. The van der Waals surface area contributed by atoms with Crippen molar-refractivity contribution < 1.29 is 4.79 Å². The number of para-hydroxylation sites is 1. The van der Waals surface area contributed by atoms with Crippen LogP contribution in [0.2, 0.25) is 0 Å². The van der Waals surface area contributed by atoms with Gasteiger partial charge < -0.3 is 10.6 Å². The van der Waals surface area contributed by atoms with Gasteiger partial charge in [-0.25, -0.2) is 4.79 Å². The van der Waals surface area contributed by atoms with Crippen LogP contribution in [-0.4, -0.2) is 6.03 Å². The molecule has 0 heterocycles. The molecular weight excluding hydrogens is 238 g/mol. The number of nitrogens with zero attached hydrogens (tertiary/aromatic N) is 1. The van der Waals surface area contributed by atoms with Crippen LogP contribution in [0.1, 0.15) is 11.6 Å². The minimum absolute atomic E-state index is 0.401. The van der Waals surface area contributed by atoms with Crippen molar-refractivity contribution in [3.8, 4) is 6.07 Å². The highest BCUT2D eigenvalue weighted by molar-refractivity contribution is 5.89. The minimum Gasteiger partial charge on any atom is -0.318 e. The van der Waals surface area contributed by atoms with Gasteiger partial charge in [-0.05, 0) is 17.7 Å². The zero-order valence-corrected chi connectivity index (χ0v) is 10.2. The summed E-state index contributed by atoms with van der Waals surface area (Å²) < 4.78 is 0. The normalized spacial score (nSPS) is 11.1. The molecule has 2 N–H and O–H groups in total. The Morgan fingerprint density at radius 2 is 1.58 bits per heavy atom. The third-order valence-electron chi connectivity index (χ3n) is 2.57. The predicted molar refractivity (Wildman–Crippen MR) is 73.4 cm³/mol. The van der Waals surface area contributed by atoms with Crippen LogP contribution >= 0.6 is 0 Å². The second-order valence-electron chi connectivity index (χ2n) is 3.94. The van der Waals surface area contributed by atoms with Gasteiger partial charge in [-0.2, -0.15) is 5.26 Å². The maximum atomic E-state index is 11.8. The van der Waals surface area contributed by atoms with Crippen molar-refractivity contribution in [2.24, 2.45) is 0 Å². The third-order valence-corrected chi connectivity index (χ3v) is 2.57. The molecule has 0 saturated carbocycles. The van der Waals surface area contributed by atoms with Crippen molar-refractivity contribution in [1.82, 2.24) is 5.32 Å². The van der Waals surface area contributed by atoms with Gasteiger partial charge in [-0.1, -0.05) is 48.5 Å². The molecule has 2 rings (SSSR count). The van der Waals surface area contributed by atoms with Crippen LogP contribution in [-0.2, 0) is 0 Å². The van der Waals surface area contributed by atoms with E-state index in [4.69, 9.17) is 5.26 Å². The van der Waals surface area contributed by atoms with Gasteiger partial charge in [-0.3, -0.25) is 0 Å². The monoisotopic (exact) mass is 251 g/mol. The molecule has 2 aromatic carbocycles. The van der Waals surface area contributed by atoms with Gasteiger partial charge in [0, 0.05) is 5.69 Å². The first kappa shape index (κ1) is 12.7. The lowest BCUT2D eigenvalue weighted by atomic mass is 10.1. The van der Waals surface area contributed by atoms with Gasteiger partial charge in [0.05, 0.1) is 6.07 Å². The Hall–Kier alpha value is -2.80. The van der Waals surface area contributed by atoms with Crippen LogP contribution in [0.15, 0.2) is 60.7 Å². The molecule has 1 atom stereocenters. The van der Waals surface area contributed by atoms with Gasteiger partial charge >= 0.3 is 6.03 Å². The number of hydrogen-bond donors (Lipinski definition) is 2. The molecule has 0 aliphatic rings. The lowest BCUT2D eigenvalue weighted by molar-refractivity contribution is 0.250. The van der Waals surface area contributed by atoms with E-state index in [0.29, 0.717) is 5.69 Å². The van der Waals surface area contributed by atoms with E-state index in [9.17, 15) is 4.79 Å². The number of hydrogen-bond acceptors (Lipinski definition) is 2. The number of nitrogens with one attached hydrogen (secondary N) is 2. The average molecular weight is 251 g/mol. The zero-order chi connectivity index (χ0) is 13.5. The van der Waals surface area contributed by atoms with Crippen molar-refractivity contribution >= 4 is 11.7 Å². The molecule has 0 bridgehead atoms. The minimum atomic E-state index is -0.662. The molecule has 0 aliphatic heterocycles. The Kier molecular flexibility index (Phi) is 4.14. The second-order valence-corrected chi connectivity index (χ2v) is 3.94.